The summed E-state index contributed by atoms with van der Waals surface area (Å²) in [4.78, 5) is 0. The number of rotatable bonds is 1. The fourth-order valence-corrected chi connectivity index (χ4v) is 3.50. The van der Waals surface area contributed by atoms with Crippen molar-refractivity contribution in [3.05, 3.63) is 0 Å². The Kier molecular flexibility index (Phi) is 1.80. The third-order valence-corrected chi connectivity index (χ3v) is 4.88. The molecule has 1 nitrogen and oxygen atoms in total. The van der Waals surface area contributed by atoms with Gasteiger partial charge in [-0.1, -0.05) is 35.2 Å². The van der Waals surface area contributed by atoms with Gasteiger partial charge in [-0.3, -0.25) is 0 Å². The predicted molar refractivity (Wildman–Crippen MR) is 48.9 cm³/mol. The van der Waals surface area contributed by atoms with E-state index < -0.39 is 0 Å². The molecule has 0 bridgehead atoms. The predicted octanol–water partition coefficient (Wildman–Crippen LogP) is 2.47. The van der Waals surface area contributed by atoms with E-state index in [-0.39, 0.29) is 4.32 Å². The molecule has 11 heavy (non-hydrogen) atoms. The maximum atomic E-state index is 9.14. The van der Waals surface area contributed by atoms with Crippen molar-refractivity contribution in [3.8, 4) is 0 Å². The Morgan fingerprint density at radius 1 is 1.18 bits per heavy atom. The summed E-state index contributed by atoms with van der Waals surface area (Å²) in [6.45, 7) is 0.326. The van der Waals surface area contributed by atoms with E-state index in [1.807, 2.05) is 0 Å². The second-order valence-corrected chi connectivity index (χ2v) is 5.66. The van der Waals surface area contributed by atoms with Gasteiger partial charge in [0.1, 0.15) is 0 Å². The largest absolute Gasteiger partial charge is 0.395 e. The molecule has 2 fully saturated rings. The zero-order valence-corrected chi connectivity index (χ0v) is 8.36. The van der Waals surface area contributed by atoms with Gasteiger partial charge in [0.25, 0.3) is 0 Å². The van der Waals surface area contributed by atoms with Gasteiger partial charge < -0.3 is 5.11 Å². The third kappa shape index (κ3) is 1.06. The summed E-state index contributed by atoms with van der Waals surface area (Å²) in [5.41, 5.74) is 0.500. The van der Waals surface area contributed by atoms with Crippen LogP contribution in [-0.4, -0.2) is 16.0 Å². The van der Waals surface area contributed by atoms with Crippen molar-refractivity contribution in [1.29, 1.82) is 0 Å². The van der Waals surface area contributed by atoms with Crippen LogP contribution in [-0.2, 0) is 0 Å². The summed E-state index contributed by atoms with van der Waals surface area (Å²) in [6.07, 6.45) is 8.01. The normalized spacial score (nSPS) is 40.9. The molecule has 1 N–H and O–H groups in total. The summed E-state index contributed by atoms with van der Waals surface area (Å²) >= 11 is 3.66. The first-order valence-electron chi connectivity index (χ1n) is 4.52. The lowest BCUT2D eigenvalue weighted by Gasteiger charge is -2.24. The molecule has 0 aromatic carbocycles. The van der Waals surface area contributed by atoms with Crippen LogP contribution >= 0.6 is 15.9 Å². The molecule has 1 atom stereocenters. The fraction of sp³-hybridized carbons (Fsp3) is 1.00. The minimum atomic E-state index is 0.125. The second-order valence-electron chi connectivity index (χ2n) is 4.14. The van der Waals surface area contributed by atoms with Gasteiger partial charge in [0.05, 0.1) is 10.9 Å². The van der Waals surface area contributed by atoms with Crippen molar-refractivity contribution in [3.63, 3.8) is 0 Å². The number of hydrogen-bond acceptors (Lipinski definition) is 1. The minimum Gasteiger partial charge on any atom is -0.395 e. The Balaban J connectivity index is 2.03. The summed E-state index contributed by atoms with van der Waals surface area (Å²) in [7, 11) is 0. The quantitative estimate of drug-likeness (QED) is 0.671. The van der Waals surface area contributed by atoms with E-state index in [1.165, 1.54) is 38.5 Å². The second kappa shape index (κ2) is 2.46. The average Bonchev–Trinajstić information content (AvgIpc) is 2.59. The van der Waals surface area contributed by atoms with Crippen LogP contribution in [0.3, 0.4) is 0 Å². The van der Waals surface area contributed by atoms with Crippen LogP contribution in [0.25, 0.3) is 0 Å². The molecule has 0 unspecified atom stereocenters. The van der Waals surface area contributed by atoms with E-state index in [4.69, 9.17) is 5.11 Å². The summed E-state index contributed by atoms with van der Waals surface area (Å²) in [5, 5.41) is 9.14. The highest BCUT2D eigenvalue weighted by Gasteiger charge is 2.64. The van der Waals surface area contributed by atoms with Gasteiger partial charge >= 0.3 is 0 Å². The van der Waals surface area contributed by atoms with Crippen LogP contribution in [0.5, 0.6) is 0 Å². The van der Waals surface area contributed by atoms with Gasteiger partial charge in [-0.15, -0.1) is 0 Å². The molecule has 0 aliphatic heterocycles. The van der Waals surface area contributed by atoms with Crippen LogP contribution in [0.15, 0.2) is 0 Å². The minimum absolute atomic E-state index is 0.125. The first kappa shape index (κ1) is 8.06. The van der Waals surface area contributed by atoms with Gasteiger partial charge in [-0.25, -0.2) is 0 Å². The maximum absolute atomic E-state index is 9.14. The van der Waals surface area contributed by atoms with Crippen molar-refractivity contribution < 1.29 is 5.11 Å². The number of aliphatic hydroxyl groups is 1. The van der Waals surface area contributed by atoms with Crippen molar-refractivity contribution in [1.82, 2.24) is 0 Å². The SMILES string of the molecule is OC[C@@]1(Br)CC12CCCCC2. The first-order valence-corrected chi connectivity index (χ1v) is 5.32. The smallest absolute Gasteiger partial charge is 0.0590 e. The summed E-state index contributed by atoms with van der Waals surface area (Å²) in [5.74, 6) is 0. The molecule has 0 aromatic rings. The van der Waals surface area contributed by atoms with E-state index in [1.54, 1.807) is 0 Å². The van der Waals surface area contributed by atoms with Crippen LogP contribution in [0.2, 0.25) is 0 Å². The van der Waals surface area contributed by atoms with Gasteiger partial charge in [-0.2, -0.15) is 0 Å². The highest BCUT2D eigenvalue weighted by atomic mass is 79.9. The van der Waals surface area contributed by atoms with E-state index in [0.29, 0.717) is 12.0 Å². The van der Waals surface area contributed by atoms with Crippen LogP contribution < -0.4 is 0 Å². The summed E-state index contributed by atoms with van der Waals surface area (Å²) < 4.78 is 0.125. The number of hydrogen-bond donors (Lipinski definition) is 1. The maximum Gasteiger partial charge on any atom is 0.0590 e. The van der Waals surface area contributed by atoms with E-state index in [9.17, 15) is 0 Å². The topological polar surface area (TPSA) is 20.2 Å². The number of alkyl halides is 1. The van der Waals surface area contributed by atoms with Gasteiger partial charge in [0.15, 0.2) is 0 Å². The number of halogens is 1. The zero-order valence-electron chi connectivity index (χ0n) is 6.77. The molecule has 0 saturated heterocycles. The Labute approximate surface area is 76.3 Å². The van der Waals surface area contributed by atoms with E-state index in [2.05, 4.69) is 15.9 Å². The molecule has 2 heteroatoms. The molecular weight excluding hydrogens is 204 g/mol. The molecule has 1 spiro atoms. The Hall–Kier alpha value is 0.440. The molecule has 64 valence electrons. The lowest BCUT2D eigenvalue weighted by atomic mass is 9.84. The molecule has 2 rings (SSSR count). The van der Waals surface area contributed by atoms with Crippen molar-refractivity contribution in [2.75, 3.05) is 6.61 Å². The first-order chi connectivity index (χ1) is 5.22. The van der Waals surface area contributed by atoms with Gasteiger partial charge in [-0.05, 0) is 24.7 Å². The Bertz CT molecular complexity index is 157. The van der Waals surface area contributed by atoms with E-state index >= 15 is 0 Å². The van der Waals surface area contributed by atoms with E-state index in [0.717, 1.165) is 0 Å². The van der Waals surface area contributed by atoms with Crippen LogP contribution in [0.1, 0.15) is 38.5 Å². The van der Waals surface area contributed by atoms with Crippen LogP contribution in [0.4, 0.5) is 0 Å². The summed E-state index contributed by atoms with van der Waals surface area (Å²) in [6, 6.07) is 0. The molecule has 0 amide bonds. The lowest BCUT2D eigenvalue weighted by Crippen LogP contribution is -2.20. The third-order valence-electron chi connectivity index (χ3n) is 3.51. The zero-order chi connectivity index (χ0) is 7.95. The van der Waals surface area contributed by atoms with Crippen molar-refractivity contribution in [2.24, 2.45) is 5.41 Å². The molecule has 2 aliphatic carbocycles. The average molecular weight is 219 g/mol. The monoisotopic (exact) mass is 218 g/mol. The lowest BCUT2D eigenvalue weighted by molar-refractivity contribution is 0.240. The molecule has 2 saturated carbocycles. The Morgan fingerprint density at radius 2 is 1.82 bits per heavy atom. The molecule has 0 radical (unpaired) electrons. The van der Waals surface area contributed by atoms with Gasteiger partial charge in [0.2, 0.25) is 0 Å². The van der Waals surface area contributed by atoms with Gasteiger partial charge in [0, 0.05) is 0 Å². The highest BCUT2D eigenvalue weighted by molar-refractivity contribution is 9.10. The molecule has 0 heterocycles. The highest BCUT2D eigenvalue weighted by Crippen LogP contribution is 2.68. The Morgan fingerprint density at radius 3 is 2.27 bits per heavy atom. The van der Waals surface area contributed by atoms with Crippen molar-refractivity contribution >= 4 is 15.9 Å². The van der Waals surface area contributed by atoms with Crippen LogP contribution in [0, 0.1) is 5.41 Å². The molecular formula is C9H15BrO. The molecule has 2 aliphatic rings. The number of aliphatic hydroxyl groups excluding tert-OH is 1. The fourth-order valence-electron chi connectivity index (χ4n) is 2.57. The van der Waals surface area contributed by atoms with Crippen molar-refractivity contribution in [2.45, 2.75) is 42.8 Å². The standard InChI is InChI=1S/C9H15BrO/c10-9(7-11)6-8(9)4-2-1-3-5-8/h11H,1-7H2/t9-/m0/s1. The molecule has 0 aromatic heterocycles.